The highest BCUT2D eigenvalue weighted by atomic mass is 19.4. The smallest absolute Gasteiger partial charge is 0.396 e. The third kappa shape index (κ3) is 7.31. The summed E-state index contributed by atoms with van der Waals surface area (Å²) in [6.07, 6.45) is -4.01. The number of unbranched alkanes of at least 4 members (excludes halogenated alkanes) is 1. The molecule has 0 aromatic rings. The molecule has 0 saturated heterocycles. The molecule has 0 atom stereocenters. The molecule has 0 aromatic carbocycles. The zero-order valence-corrected chi connectivity index (χ0v) is 5.20. The van der Waals surface area contributed by atoms with Crippen LogP contribution in [-0.4, -0.2) is 17.9 Å². The molecule has 0 aromatic heterocycles. The Morgan fingerprint density at radius 3 is 2.30 bits per heavy atom. The fraction of sp³-hybridized carbons (Fsp3) is 0.667. The van der Waals surface area contributed by atoms with Crippen molar-refractivity contribution in [1.82, 2.24) is 0 Å². The Kier molecular flexibility index (Phi) is 3.89. The first-order valence-electron chi connectivity index (χ1n) is 2.74. The van der Waals surface area contributed by atoms with Gasteiger partial charge in [0.2, 0.25) is 0 Å². The van der Waals surface area contributed by atoms with Gasteiger partial charge in [-0.2, -0.15) is 13.2 Å². The molecule has 0 aliphatic carbocycles. The summed E-state index contributed by atoms with van der Waals surface area (Å²) in [7, 11) is 0. The van der Waals surface area contributed by atoms with Crippen LogP contribution in [0.15, 0.2) is 0 Å². The molecule has 0 bridgehead atoms. The zero-order chi connectivity index (χ0) is 8.04. The minimum atomic E-state index is -4.39. The van der Waals surface area contributed by atoms with Crippen molar-refractivity contribution in [3.63, 3.8) is 0 Å². The van der Waals surface area contributed by atoms with Crippen LogP contribution in [0, 0.1) is 11.8 Å². The summed E-state index contributed by atoms with van der Waals surface area (Å²) in [5, 5.41) is 8.15. The maximum Gasteiger partial charge on any atom is 0.457 e. The maximum atomic E-state index is 11.2. The van der Waals surface area contributed by atoms with Gasteiger partial charge >= 0.3 is 6.18 Å². The maximum absolute atomic E-state index is 11.2. The van der Waals surface area contributed by atoms with Crippen LogP contribution >= 0.6 is 0 Å². The largest absolute Gasteiger partial charge is 0.457 e. The molecule has 0 heterocycles. The Morgan fingerprint density at radius 2 is 1.90 bits per heavy atom. The van der Waals surface area contributed by atoms with Crippen LogP contribution in [0.1, 0.15) is 12.8 Å². The quantitative estimate of drug-likeness (QED) is 0.467. The van der Waals surface area contributed by atoms with Gasteiger partial charge in [-0.1, -0.05) is 5.92 Å². The highest BCUT2D eigenvalue weighted by molar-refractivity contribution is 5.04. The van der Waals surface area contributed by atoms with Crippen molar-refractivity contribution < 1.29 is 18.3 Å². The Labute approximate surface area is 56.9 Å². The molecule has 1 N–H and O–H groups in total. The van der Waals surface area contributed by atoms with E-state index in [1.807, 2.05) is 5.92 Å². The first-order valence-corrected chi connectivity index (χ1v) is 2.74. The van der Waals surface area contributed by atoms with Gasteiger partial charge in [0.05, 0.1) is 0 Å². The topological polar surface area (TPSA) is 20.2 Å². The van der Waals surface area contributed by atoms with E-state index in [4.69, 9.17) is 5.11 Å². The highest BCUT2D eigenvalue weighted by Gasteiger charge is 2.22. The standard InChI is InChI=1S/C6H7F3O/c7-6(8,9)4-2-1-3-5-10/h10H,1,3,5H2. The van der Waals surface area contributed by atoms with Crippen molar-refractivity contribution >= 4 is 0 Å². The molecule has 0 fully saturated rings. The number of halogens is 3. The van der Waals surface area contributed by atoms with Gasteiger partial charge in [0, 0.05) is 18.9 Å². The summed E-state index contributed by atoms with van der Waals surface area (Å²) < 4.78 is 33.7. The Hall–Kier alpha value is -0.690. The van der Waals surface area contributed by atoms with Crippen LogP contribution in [0.25, 0.3) is 0 Å². The van der Waals surface area contributed by atoms with Gasteiger partial charge in [0.25, 0.3) is 0 Å². The second-order valence-corrected chi connectivity index (χ2v) is 1.63. The van der Waals surface area contributed by atoms with Crippen molar-refractivity contribution in [2.24, 2.45) is 0 Å². The third-order valence-corrected chi connectivity index (χ3v) is 0.690. The lowest BCUT2D eigenvalue weighted by atomic mass is 10.3. The van der Waals surface area contributed by atoms with Crippen LogP contribution in [0.2, 0.25) is 0 Å². The number of rotatable bonds is 2. The molecule has 0 saturated carbocycles. The van der Waals surface area contributed by atoms with Gasteiger partial charge in [0.15, 0.2) is 0 Å². The summed E-state index contributed by atoms with van der Waals surface area (Å²) in [4.78, 5) is 0. The van der Waals surface area contributed by atoms with Crippen LogP contribution in [0.5, 0.6) is 0 Å². The van der Waals surface area contributed by atoms with Crippen molar-refractivity contribution in [2.45, 2.75) is 19.0 Å². The van der Waals surface area contributed by atoms with E-state index in [1.165, 1.54) is 0 Å². The van der Waals surface area contributed by atoms with Crippen LogP contribution in [0.3, 0.4) is 0 Å². The molecule has 0 aliphatic heterocycles. The average Bonchev–Trinajstić information content (AvgIpc) is 1.78. The second-order valence-electron chi connectivity index (χ2n) is 1.63. The molecular formula is C6H7F3O. The van der Waals surface area contributed by atoms with Crippen LogP contribution < -0.4 is 0 Å². The molecule has 0 radical (unpaired) electrons. The summed E-state index contributed by atoms with van der Waals surface area (Å²) in [6.45, 7) is -0.119. The number of hydrogen-bond donors (Lipinski definition) is 1. The van der Waals surface area contributed by atoms with E-state index in [0.717, 1.165) is 5.92 Å². The lowest BCUT2D eigenvalue weighted by Gasteiger charge is -1.91. The number of hydrogen-bond acceptors (Lipinski definition) is 1. The first-order chi connectivity index (χ1) is 4.56. The van der Waals surface area contributed by atoms with Gasteiger partial charge in [0.1, 0.15) is 0 Å². The second kappa shape index (κ2) is 4.18. The van der Waals surface area contributed by atoms with Crippen molar-refractivity contribution in [3.8, 4) is 11.8 Å². The predicted molar refractivity (Wildman–Crippen MR) is 30.2 cm³/mol. The normalized spacial score (nSPS) is 10.4. The third-order valence-electron chi connectivity index (χ3n) is 0.690. The van der Waals surface area contributed by atoms with Gasteiger partial charge in [-0.3, -0.25) is 0 Å². The van der Waals surface area contributed by atoms with E-state index in [2.05, 4.69) is 0 Å². The number of alkyl halides is 3. The molecule has 58 valence electrons. The number of aliphatic hydroxyl groups is 1. The molecule has 10 heavy (non-hydrogen) atoms. The fourth-order valence-electron chi connectivity index (χ4n) is 0.330. The van der Waals surface area contributed by atoms with Gasteiger partial charge in [-0.05, 0) is 6.42 Å². The molecule has 0 amide bonds. The highest BCUT2D eigenvalue weighted by Crippen LogP contribution is 2.11. The predicted octanol–water partition coefficient (Wildman–Crippen LogP) is 1.32. The molecule has 0 spiro atoms. The zero-order valence-electron chi connectivity index (χ0n) is 5.20. The SMILES string of the molecule is OCCCC#CC(F)(F)F. The number of aliphatic hydroxyl groups excluding tert-OH is 1. The van der Waals surface area contributed by atoms with Gasteiger partial charge in [-0.15, -0.1) is 0 Å². The van der Waals surface area contributed by atoms with E-state index in [1.54, 1.807) is 0 Å². The van der Waals surface area contributed by atoms with E-state index in [0.29, 0.717) is 6.42 Å². The van der Waals surface area contributed by atoms with E-state index >= 15 is 0 Å². The molecular weight excluding hydrogens is 145 g/mol. The fourth-order valence-corrected chi connectivity index (χ4v) is 0.330. The summed E-state index contributed by atoms with van der Waals surface area (Å²) >= 11 is 0. The van der Waals surface area contributed by atoms with Gasteiger partial charge in [-0.25, -0.2) is 0 Å². The lowest BCUT2D eigenvalue weighted by molar-refractivity contribution is -0.0697. The first kappa shape index (κ1) is 9.31. The molecule has 0 aliphatic rings. The molecule has 0 unspecified atom stereocenters. The van der Waals surface area contributed by atoms with Crippen LogP contribution in [-0.2, 0) is 0 Å². The Balaban J connectivity index is 3.50. The Morgan fingerprint density at radius 1 is 1.30 bits per heavy atom. The monoisotopic (exact) mass is 152 g/mol. The summed E-state index contributed by atoms with van der Waals surface area (Å²) in [5.74, 6) is 2.99. The van der Waals surface area contributed by atoms with Crippen molar-refractivity contribution in [3.05, 3.63) is 0 Å². The molecule has 0 rings (SSSR count). The van der Waals surface area contributed by atoms with Gasteiger partial charge < -0.3 is 5.11 Å². The molecule has 1 nitrogen and oxygen atoms in total. The lowest BCUT2D eigenvalue weighted by Crippen LogP contribution is -2.01. The summed E-state index contributed by atoms with van der Waals surface area (Å²) in [6, 6.07) is 0. The van der Waals surface area contributed by atoms with Crippen molar-refractivity contribution in [1.29, 1.82) is 0 Å². The minimum Gasteiger partial charge on any atom is -0.396 e. The Bertz CT molecular complexity index is 139. The van der Waals surface area contributed by atoms with E-state index in [-0.39, 0.29) is 13.0 Å². The van der Waals surface area contributed by atoms with Crippen molar-refractivity contribution in [2.75, 3.05) is 6.61 Å². The summed E-state index contributed by atoms with van der Waals surface area (Å²) in [5.41, 5.74) is 0. The van der Waals surface area contributed by atoms with Crippen LogP contribution in [0.4, 0.5) is 13.2 Å². The average molecular weight is 152 g/mol. The molecule has 4 heteroatoms. The minimum absolute atomic E-state index is 0.0933. The van der Waals surface area contributed by atoms with E-state index in [9.17, 15) is 13.2 Å². The van der Waals surface area contributed by atoms with E-state index < -0.39 is 6.18 Å².